The first-order valence-corrected chi connectivity index (χ1v) is 3.89. The fourth-order valence-electron chi connectivity index (χ4n) is 0.848. The van der Waals surface area contributed by atoms with Gasteiger partial charge < -0.3 is 9.47 Å². The third-order valence-electron chi connectivity index (χ3n) is 1.66. The Morgan fingerprint density at radius 2 is 2.36 bits per heavy atom. The molecule has 1 radical (unpaired) electrons. The normalized spacial score (nSPS) is 19.5. The molecule has 1 atom stereocenters. The molecule has 3 heteroatoms. The summed E-state index contributed by atoms with van der Waals surface area (Å²) < 4.78 is 9.67. The number of hydrogen-bond acceptors (Lipinski definition) is 3. The number of rotatable bonds is 4. The predicted octanol–water partition coefficient (Wildman–Crippen LogP) is 1.28. The van der Waals surface area contributed by atoms with Crippen molar-refractivity contribution in [1.29, 1.82) is 0 Å². The molecular formula is C8H13O3. The van der Waals surface area contributed by atoms with Gasteiger partial charge in [0.25, 0.3) is 0 Å². The number of carbonyl (C=O) groups is 1. The van der Waals surface area contributed by atoms with Gasteiger partial charge in [-0.05, 0) is 19.3 Å². The van der Waals surface area contributed by atoms with Crippen LogP contribution in [0.15, 0.2) is 0 Å². The van der Waals surface area contributed by atoms with Crippen molar-refractivity contribution in [3.63, 3.8) is 0 Å². The second-order valence-corrected chi connectivity index (χ2v) is 2.70. The first kappa shape index (κ1) is 8.53. The third-order valence-corrected chi connectivity index (χ3v) is 1.66. The van der Waals surface area contributed by atoms with Crippen LogP contribution in [-0.2, 0) is 14.3 Å². The fourth-order valence-corrected chi connectivity index (χ4v) is 0.848. The van der Waals surface area contributed by atoms with Gasteiger partial charge in [0, 0.05) is 0 Å². The topological polar surface area (TPSA) is 35.5 Å². The minimum atomic E-state index is -0.403. The molecule has 0 amide bonds. The second-order valence-electron chi connectivity index (χ2n) is 2.70. The third kappa shape index (κ3) is 2.50. The van der Waals surface area contributed by atoms with E-state index >= 15 is 0 Å². The summed E-state index contributed by atoms with van der Waals surface area (Å²) in [6, 6.07) is 0. The molecule has 1 unspecified atom stereocenters. The average Bonchev–Trinajstić information content (AvgIpc) is 2.82. The molecule has 0 bridgehead atoms. The number of ether oxygens (including phenoxy) is 2. The largest absolute Gasteiger partial charge is 0.460 e. The molecular weight excluding hydrogens is 144 g/mol. The Morgan fingerprint density at radius 3 is 2.73 bits per heavy atom. The van der Waals surface area contributed by atoms with Crippen molar-refractivity contribution in [1.82, 2.24) is 0 Å². The molecule has 0 spiro atoms. The second kappa shape index (κ2) is 3.72. The van der Waals surface area contributed by atoms with E-state index in [1.807, 2.05) is 6.92 Å². The van der Waals surface area contributed by atoms with E-state index in [0.29, 0.717) is 12.5 Å². The maximum absolute atomic E-state index is 10.9. The molecule has 0 aromatic carbocycles. The van der Waals surface area contributed by atoms with E-state index in [0.717, 1.165) is 12.8 Å². The summed E-state index contributed by atoms with van der Waals surface area (Å²) in [6.07, 6.45) is 2.69. The maximum atomic E-state index is 10.9. The van der Waals surface area contributed by atoms with E-state index in [-0.39, 0.29) is 5.97 Å². The van der Waals surface area contributed by atoms with Crippen molar-refractivity contribution in [3.8, 4) is 0 Å². The van der Waals surface area contributed by atoms with Gasteiger partial charge in [0.15, 0.2) is 6.10 Å². The monoisotopic (exact) mass is 157 g/mol. The first-order chi connectivity index (χ1) is 5.27. The Morgan fingerprint density at radius 1 is 1.73 bits per heavy atom. The molecule has 0 aromatic rings. The van der Waals surface area contributed by atoms with Gasteiger partial charge in [-0.15, -0.1) is 0 Å². The van der Waals surface area contributed by atoms with Crippen molar-refractivity contribution in [2.45, 2.75) is 38.4 Å². The van der Waals surface area contributed by atoms with Crippen LogP contribution in [0.2, 0.25) is 0 Å². The zero-order valence-electron chi connectivity index (χ0n) is 6.71. The van der Waals surface area contributed by atoms with Gasteiger partial charge in [0.05, 0.1) is 6.10 Å². The van der Waals surface area contributed by atoms with E-state index in [9.17, 15) is 4.79 Å². The highest BCUT2D eigenvalue weighted by atomic mass is 16.6. The highest BCUT2D eigenvalue weighted by Gasteiger charge is 2.29. The van der Waals surface area contributed by atoms with Gasteiger partial charge in [0.2, 0.25) is 0 Å². The summed E-state index contributed by atoms with van der Waals surface area (Å²) in [5.41, 5.74) is 0. The Labute approximate surface area is 66.7 Å². The molecule has 1 fully saturated rings. The Hall–Kier alpha value is -0.570. The first-order valence-electron chi connectivity index (χ1n) is 3.89. The molecule has 0 saturated heterocycles. The Bertz CT molecular complexity index is 140. The Balaban J connectivity index is 2.27. The van der Waals surface area contributed by atoms with Gasteiger partial charge in [-0.3, -0.25) is 0 Å². The van der Waals surface area contributed by atoms with E-state index in [4.69, 9.17) is 4.74 Å². The predicted molar refractivity (Wildman–Crippen MR) is 39.6 cm³/mol. The van der Waals surface area contributed by atoms with Gasteiger partial charge >= 0.3 is 5.97 Å². The Kier molecular flexibility index (Phi) is 2.88. The van der Waals surface area contributed by atoms with Crippen LogP contribution in [-0.4, -0.2) is 18.2 Å². The smallest absolute Gasteiger partial charge is 0.335 e. The fraction of sp³-hybridized carbons (Fsp3) is 0.750. The van der Waals surface area contributed by atoms with Gasteiger partial charge in [-0.1, -0.05) is 6.92 Å². The van der Waals surface area contributed by atoms with Crippen molar-refractivity contribution < 1.29 is 14.3 Å². The SMILES string of the molecule is [CH2]OC(=O)C(CC)OC1CC1. The molecule has 1 saturated carbocycles. The molecule has 1 aliphatic rings. The quantitative estimate of drug-likeness (QED) is 0.576. The summed E-state index contributed by atoms with van der Waals surface area (Å²) >= 11 is 0. The van der Waals surface area contributed by atoms with Crippen molar-refractivity contribution in [3.05, 3.63) is 7.11 Å². The van der Waals surface area contributed by atoms with E-state index < -0.39 is 6.10 Å². The van der Waals surface area contributed by atoms with Crippen LogP contribution in [0.4, 0.5) is 0 Å². The number of esters is 1. The lowest BCUT2D eigenvalue weighted by Gasteiger charge is -2.11. The summed E-state index contributed by atoms with van der Waals surface area (Å²) in [5.74, 6) is -0.362. The van der Waals surface area contributed by atoms with Crippen LogP contribution >= 0.6 is 0 Å². The van der Waals surface area contributed by atoms with Crippen molar-refractivity contribution in [2.24, 2.45) is 0 Å². The summed E-state index contributed by atoms with van der Waals surface area (Å²) in [5, 5.41) is 0. The van der Waals surface area contributed by atoms with Crippen LogP contribution in [0, 0.1) is 7.11 Å². The molecule has 0 aliphatic heterocycles. The van der Waals surface area contributed by atoms with Crippen LogP contribution in [0.3, 0.4) is 0 Å². The molecule has 0 N–H and O–H groups in total. The molecule has 0 aromatic heterocycles. The number of hydrogen-bond donors (Lipinski definition) is 0. The van der Waals surface area contributed by atoms with E-state index in [2.05, 4.69) is 11.8 Å². The van der Waals surface area contributed by atoms with Crippen molar-refractivity contribution >= 4 is 5.97 Å². The summed E-state index contributed by atoms with van der Waals surface area (Å²) in [7, 11) is 3.05. The maximum Gasteiger partial charge on any atom is 0.335 e. The van der Waals surface area contributed by atoms with E-state index in [1.54, 1.807) is 0 Å². The zero-order chi connectivity index (χ0) is 8.27. The average molecular weight is 157 g/mol. The summed E-state index contributed by atoms with van der Waals surface area (Å²) in [4.78, 5) is 10.9. The molecule has 3 nitrogen and oxygen atoms in total. The number of carbonyl (C=O) groups excluding carboxylic acids is 1. The van der Waals surface area contributed by atoms with Crippen LogP contribution < -0.4 is 0 Å². The van der Waals surface area contributed by atoms with Crippen molar-refractivity contribution in [2.75, 3.05) is 0 Å². The standard InChI is InChI=1S/C8H13O3/c1-3-7(8(9)10-2)11-6-4-5-6/h6-7H,2-5H2,1H3. The molecule has 0 heterocycles. The van der Waals surface area contributed by atoms with Crippen LogP contribution in [0.25, 0.3) is 0 Å². The van der Waals surface area contributed by atoms with Crippen LogP contribution in [0.1, 0.15) is 26.2 Å². The molecule has 1 rings (SSSR count). The van der Waals surface area contributed by atoms with Crippen LogP contribution in [0.5, 0.6) is 0 Å². The summed E-state index contributed by atoms with van der Waals surface area (Å²) in [6.45, 7) is 1.89. The highest BCUT2D eigenvalue weighted by Crippen LogP contribution is 2.25. The van der Waals surface area contributed by atoms with Gasteiger partial charge in [0.1, 0.15) is 7.11 Å². The van der Waals surface area contributed by atoms with Gasteiger partial charge in [-0.2, -0.15) is 0 Å². The lowest BCUT2D eigenvalue weighted by molar-refractivity contribution is -0.152. The lowest BCUT2D eigenvalue weighted by Crippen LogP contribution is -2.25. The minimum Gasteiger partial charge on any atom is -0.460 e. The molecule has 1 aliphatic carbocycles. The molecule has 63 valence electrons. The molecule has 11 heavy (non-hydrogen) atoms. The lowest BCUT2D eigenvalue weighted by atomic mass is 10.3. The highest BCUT2D eigenvalue weighted by molar-refractivity contribution is 5.74. The minimum absolute atomic E-state index is 0.291. The zero-order valence-corrected chi connectivity index (χ0v) is 6.71. The van der Waals surface area contributed by atoms with E-state index in [1.165, 1.54) is 0 Å². The van der Waals surface area contributed by atoms with Gasteiger partial charge in [-0.25, -0.2) is 4.79 Å².